The number of hydrogen-bond donors (Lipinski definition) is 1. The molecular formula is C14H14N2O3S. The average molecular weight is 290 g/mol. The molecule has 1 aromatic heterocycles. The molecule has 0 unspecified atom stereocenters. The van der Waals surface area contributed by atoms with Crippen LogP contribution in [0.4, 0.5) is 5.13 Å². The van der Waals surface area contributed by atoms with Gasteiger partial charge in [-0.15, -0.1) is 11.3 Å². The number of nitrogens with zero attached hydrogens (tertiary/aromatic N) is 1. The lowest BCUT2D eigenvalue weighted by Gasteiger charge is -2.02. The van der Waals surface area contributed by atoms with Crippen molar-refractivity contribution in [2.75, 3.05) is 11.9 Å². The van der Waals surface area contributed by atoms with Crippen LogP contribution in [0.5, 0.6) is 0 Å². The normalized spacial score (nSPS) is 10.1. The summed E-state index contributed by atoms with van der Waals surface area (Å²) in [6, 6.07) is 9.68. The molecule has 1 N–H and O–H groups in total. The molecule has 20 heavy (non-hydrogen) atoms. The number of carbonyl (C=O) groups excluding carboxylic acids is 2. The van der Waals surface area contributed by atoms with Crippen molar-refractivity contribution in [3.05, 3.63) is 35.7 Å². The number of nitrogens with one attached hydrogen (secondary N) is 1. The minimum Gasteiger partial charge on any atom is -0.456 e. The van der Waals surface area contributed by atoms with Crippen LogP contribution >= 0.6 is 11.3 Å². The van der Waals surface area contributed by atoms with E-state index in [1.165, 1.54) is 11.3 Å². The van der Waals surface area contributed by atoms with Gasteiger partial charge in [0.25, 0.3) is 5.91 Å². The lowest BCUT2D eigenvalue weighted by atomic mass is 10.2. The first-order chi connectivity index (χ1) is 9.69. The Morgan fingerprint density at radius 3 is 2.75 bits per heavy atom. The van der Waals surface area contributed by atoms with Crippen LogP contribution in [0.1, 0.15) is 13.3 Å². The maximum absolute atomic E-state index is 11.6. The minimum atomic E-state index is -0.399. The van der Waals surface area contributed by atoms with Gasteiger partial charge in [0.05, 0.1) is 5.69 Å². The van der Waals surface area contributed by atoms with E-state index < -0.39 is 5.97 Å². The summed E-state index contributed by atoms with van der Waals surface area (Å²) in [5, 5.41) is 4.95. The number of hydrogen-bond acceptors (Lipinski definition) is 5. The van der Waals surface area contributed by atoms with Crippen molar-refractivity contribution in [1.82, 2.24) is 4.98 Å². The quantitative estimate of drug-likeness (QED) is 0.860. The van der Waals surface area contributed by atoms with E-state index in [1.54, 1.807) is 6.92 Å². The summed E-state index contributed by atoms with van der Waals surface area (Å²) in [7, 11) is 0. The average Bonchev–Trinajstić information content (AvgIpc) is 2.94. The third-order valence-corrected chi connectivity index (χ3v) is 3.23. The number of thiazole rings is 1. The molecule has 0 saturated carbocycles. The number of ether oxygens (including phenoxy) is 1. The Morgan fingerprint density at radius 1 is 1.30 bits per heavy atom. The summed E-state index contributed by atoms with van der Waals surface area (Å²) >= 11 is 1.33. The summed E-state index contributed by atoms with van der Waals surface area (Å²) in [5.74, 6) is -0.787. The number of esters is 1. The molecule has 1 aromatic carbocycles. The van der Waals surface area contributed by atoms with Crippen LogP contribution in [0.25, 0.3) is 11.3 Å². The Bertz CT molecular complexity index is 595. The van der Waals surface area contributed by atoms with Gasteiger partial charge in [0.1, 0.15) is 0 Å². The van der Waals surface area contributed by atoms with Gasteiger partial charge >= 0.3 is 5.97 Å². The number of anilines is 1. The van der Waals surface area contributed by atoms with Gasteiger partial charge in [-0.3, -0.25) is 14.9 Å². The predicted molar refractivity (Wildman–Crippen MR) is 77.4 cm³/mol. The molecular weight excluding hydrogens is 276 g/mol. The maximum atomic E-state index is 11.6. The van der Waals surface area contributed by atoms with E-state index in [0.717, 1.165) is 11.3 Å². The molecule has 0 saturated heterocycles. The minimum absolute atomic E-state index is 0.253. The highest BCUT2D eigenvalue weighted by atomic mass is 32.1. The Kier molecular flexibility index (Phi) is 4.84. The number of benzene rings is 1. The SMILES string of the molecule is CCC(=O)OCC(=O)Nc1nc(-c2ccccc2)cs1. The molecule has 0 radical (unpaired) electrons. The molecule has 0 fully saturated rings. The van der Waals surface area contributed by atoms with Crippen molar-refractivity contribution in [3.63, 3.8) is 0 Å². The van der Waals surface area contributed by atoms with Crippen LogP contribution in [-0.2, 0) is 14.3 Å². The lowest BCUT2D eigenvalue weighted by molar-refractivity contribution is -0.146. The second kappa shape index (κ2) is 6.81. The topological polar surface area (TPSA) is 68.3 Å². The van der Waals surface area contributed by atoms with Crippen molar-refractivity contribution < 1.29 is 14.3 Å². The first-order valence-corrected chi connectivity index (χ1v) is 7.03. The molecule has 1 amide bonds. The third-order valence-electron chi connectivity index (χ3n) is 2.47. The first-order valence-electron chi connectivity index (χ1n) is 6.15. The Balaban J connectivity index is 1.93. The number of aromatic nitrogens is 1. The third kappa shape index (κ3) is 3.89. The van der Waals surface area contributed by atoms with Gasteiger partial charge in [-0.25, -0.2) is 4.98 Å². The molecule has 0 aliphatic carbocycles. The predicted octanol–water partition coefficient (Wildman–Crippen LogP) is 2.70. The standard InChI is InChI=1S/C14H14N2O3S/c1-2-13(18)19-8-12(17)16-14-15-11(9-20-14)10-6-4-3-5-7-10/h3-7,9H,2,8H2,1H3,(H,15,16,17). The maximum Gasteiger partial charge on any atom is 0.306 e. The van der Waals surface area contributed by atoms with Crippen molar-refractivity contribution in [1.29, 1.82) is 0 Å². The Morgan fingerprint density at radius 2 is 2.05 bits per heavy atom. The first kappa shape index (κ1) is 14.2. The fraction of sp³-hybridized carbons (Fsp3) is 0.214. The highest BCUT2D eigenvalue weighted by Crippen LogP contribution is 2.24. The second-order valence-electron chi connectivity index (χ2n) is 3.97. The molecule has 6 heteroatoms. The summed E-state index contributed by atoms with van der Waals surface area (Å²) in [4.78, 5) is 26.8. The van der Waals surface area contributed by atoms with E-state index in [0.29, 0.717) is 5.13 Å². The van der Waals surface area contributed by atoms with Crippen LogP contribution in [0.15, 0.2) is 35.7 Å². The van der Waals surface area contributed by atoms with Gasteiger partial charge in [-0.1, -0.05) is 37.3 Å². The van der Waals surface area contributed by atoms with Crippen LogP contribution in [0.2, 0.25) is 0 Å². The molecule has 104 valence electrons. The van der Waals surface area contributed by atoms with Crippen molar-refractivity contribution in [3.8, 4) is 11.3 Å². The van der Waals surface area contributed by atoms with E-state index in [9.17, 15) is 9.59 Å². The molecule has 0 spiro atoms. The van der Waals surface area contributed by atoms with Gasteiger partial charge in [0, 0.05) is 17.4 Å². The van der Waals surface area contributed by atoms with Crippen LogP contribution < -0.4 is 5.32 Å². The van der Waals surface area contributed by atoms with E-state index in [-0.39, 0.29) is 18.9 Å². The van der Waals surface area contributed by atoms with Gasteiger partial charge in [0.2, 0.25) is 0 Å². The van der Waals surface area contributed by atoms with Gasteiger partial charge in [-0.2, -0.15) is 0 Å². The van der Waals surface area contributed by atoms with Gasteiger partial charge in [-0.05, 0) is 0 Å². The van der Waals surface area contributed by atoms with Crippen LogP contribution in [0.3, 0.4) is 0 Å². The van der Waals surface area contributed by atoms with Crippen molar-refractivity contribution in [2.24, 2.45) is 0 Å². The van der Waals surface area contributed by atoms with E-state index in [1.807, 2.05) is 35.7 Å². The van der Waals surface area contributed by atoms with E-state index >= 15 is 0 Å². The summed E-state index contributed by atoms with van der Waals surface area (Å²) in [6.07, 6.45) is 0.253. The summed E-state index contributed by atoms with van der Waals surface area (Å²) < 4.78 is 4.74. The zero-order valence-corrected chi connectivity index (χ0v) is 11.8. The molecule has 5 nitrogen and oxygen atoms in total. The number of amides is 1. The highest BCUT2D eigenvalue weighted by molar-refractivity contribution is 7.14. The monoisotopic (exact) mass is 290 g/mol. The van der Waals surface area contributed by atoms with Crippen molar-refractivity contribution in [2.45, 2.75) is 13.3 Å². The van der Waals surface area contributed by atoms with Crippen molar-refractivity contribution >= 4 is 28.3 Å². The smallest absolute Gasteiger partial charge is 0.306 e. The van der Waals surface area contributed by atoms with Gasteiger partial charge in [0.15, 0.2) is 11.7 Å². The second-order valence-corrected chi connectivity index (χ2v) is 4.82. The highest BCUT2D eigenvalue weighted by Gasteiger charge is 2.09. The van der Waals surface area contributed by atoms with Crippen LogP contribution in [-0.4, -0.2) is 23.5 Å². The van der Waals surface area contributed by atoms with E-state index in [4.69, 9.17) is 4.74 Å². The zero-order valence-electron chi connectivity index (χ0n) is 11.0. The number of carbonyl (C=O) groups is 2. The zero-order chi connectivity index (χ0) is 14.4. The van der Waals surface area contributed by atoms with Crippen LogP contribution in [0, 0.1) is 0 Å². The van der Waals surface area contributed by atoms with Gasteiger partial charge < -0.3 is 4.74 Å². The Labute approximate surface area is 120 Å². The van der Waals surface area contributed by atoms with E-state index in [2.05, 4.69) is 10.3 Å². The molecule has 0 bridgehead atoms. The largest absolute Gasteiger partial charge is 0.456 e. The molecule has 0 aliphatic heterocycles. The molecule has 2 aromatic rings. The summed E-state index contributed by atoms with van der Waals surface area (Å²) in [5.41, 5.74) is 1.79. The molecule has 2 rings (SSSR count). The fourth-order valence-electron chi connectivity index (χ4n) is 1.48. The lowest BCUT2D eigenvalue weighted by Crippen LogP contribution is -2.20. The number of rotatable bonds is 5. The Hall–Kier alpha value is -2.21. The molecule has 1 heterocycles. The summed E-state index contributed by atoms with van der Waals surface area (Å²) in [6.45, 7) is 1.39. The fourth-order valence-corrected chi connectivity index (χ4v) is 2.21. The molecule has 0 atom stereocenters. The molecule has 0 aliphatic rings.